The maximum Gasteiger partial charge on any atom is 0.233 e. The summed E-state index contributed by atoms with van der Waals surface area (Å²) >= 11 is 7.07. The van der Waals surface area contributed by atoms with Crippen LogP contribution in [0, 0.1) is 0 Å². The molecule has 0 radical (unpaired) electrons. The fourth-order valence-electron chi connectivity index (χ4n) is 2.38. The van der Waals surface area contributed by atoms with Gasteiger partial charge in [0, 0.05) is 12.0 Å². The zero-order chi connectivity index (χ0) is 16.2. The first-order valence-corrected chi connectivity index (χ1v) is 8.57. The van der Waals surface area contributed by atoms with Gasteiger partial charge in [-0.05, 0) is 25.1 Å². The van der Waals surface area contributed by atoms with Gasteiger partial charge in [0.05, 0.1) is 17.9 Å². The van der Waals surface area contributed by atoms with Crippen molar-refractivity contribution in [3.63, 3.8) is 0 Å². The number of carbonyl (C=O) groups is 1. The molecule has 0 bridgehead atoms. The van der Waals surface area contributed by atoms with Crippen molar-refractivity contribution in [1.82, 2.24) is 15.5 Å². The minimum absolute atomic E-state index is 0.0215. The van der Waals surface area contributed by atoms with Crippen molar-refractivity contribution in [2.24, 2.45) is 0 Å². The van der Waals surface area contributed by atoms with Gasteiger partial charge in [-0.15, -0.1) is 10.2 Å². The fourth-order valence-corrected chi connectivity index (χ4v) is 3.26. The van der Waals surface area contributed by atoms with E-state index in [9.17, 15) is 4.79 Å². The number of ether oxygens (including phenoxy) is 1. The molecule has 7 heteroatoms. The van der Waals surface area contributed by atoms with Gasteiger partial charge in [-0.2, -0.15) is 0 Å². The molecule has 0 spiro atoms. The Morgan fingerprint density at radius 2 is 2.17 bits per heavy atom. The van der Waals surface area contributed by atoms with Crippen molar-refractivity contribution in [3.8, 4) is 5.75 Å². The molecule has 5 nitrogen and oxygen atoms in total. The highest BCUT2D eigenvalue weighted by Gasteiger charge is 2.25. The minimum Gasteiger partial charge on any atom is -0.493 e. The summed E-state index contributed by atoms with van der Waals surface area (Å²) in [5, 5.41) is 11.6. The lowest BCUT2D eigenvalue weighted by molar-refractivity contribution is -0.121. The number of nitrogens with one attached hydrogen (secondary N) is 1. The van der Waals surface area contributed by atoms with Crippen LogP contribution in [-0.4, -0.2) is 28.0 Å². The van der Waals surface area contributed by atoms with E-state index in [-0.39, 0.29) is 17.2 Å². The third kappa shape index (κ3) is 3.95. The number of nitrogens with zero attached hydrogens (tertiary/aromatic N) is 2. The molecule has 1 amide bonds. The first-order chi connectivity index (χ1) is 11.1. The Kier molecular flexibility index (Phi) is 5.03. The van der Waals surface area contributed by atoms with Gasteiger partial charge in [0.2, 0.25) is 5.91 Å². The average molecular weight is 350 g/mol. The standard InChI is InChI=1S/C16H16ClN3O2S/c1-10(23-15-7-6-14(17)19-20-15)16(21)18-12-8-9-22-13-5-3-2-4-11(12)13/h2-7,10,12H,8-9H2,1H3,(H,18,21)/t10-,12+/m0/s1. The number of fused-ring (bicyclic) bond motifs is 1. The molecule has 0 aliphatic carbocycles. The zero-order valence-electron chi connectivity index (χ0n) is 12.5. The average Bonchev–Trinajstić information content (AvgIpc) is 2.57. The molecule has 0 fully saturated rings. The largest absolute Gasteiger partial charge is 0.493 e. The Hall–Kier alpha value is -1.79. The zero-order valence-corrected chi connectivity index (χ0v) is 14.1. The molecule has 1 aromatic heterocycles. The van der Waals surface area contributed by atoms with Gasteiger partial charge in [0.25, 0.3) is 0 Å². The lowest BCUT2D eigenvalue weighted by Crippen LogP contribution is -2.36. The smallest absolute Gasteiger partial charge is 0.233 e. The van der Waals surface area contributed by atoms with Crippen LogP contribution in [0.5, 0.6) is 5.75 Å². The number of benzene rings is 1. The minimum atomic E-state index is -0.277. The van der Waals surface area contributed by atoms with Gasteiger partial charge in [-0.25, -0.2) is 0 Å². The van der Waals surface area contributed by atoms with Gasteiger partial charge in [-0.3, -0.25) is 4.79 Å². The predicted molar refractivity (Wildman–Crippen MR) is 89.8 cm³/mol. The molecule has 1 aliphatic heterocycles. The van der Waals surface area contributed by atoms with E-state index in [1.807, 2.05) is 31.2 Å². The Morgan fingerprint density at radius 3 is 2.96 bits per heavy atom. The molecule has 120 valence electrons. The van der Waals surface area contributed by atoms with Gasteiger partial charge in [-0.1, -0.05) is 41.6 Å². The summed E-state index contributed by atoms with van der Waals surface area (Å²) in [7, 11) is 0. The molecule has 1 aromatic carbocycles. The Morgan fingerprint density at radius 1 is 1.35 bits per heavy atom. The first kappa shape index (κ1) is 16.1. The lowest BCUT2D eigenvalue weighted by atomic mass is 10.0. The quantitative estimate of drug-likeness (QED) is 0.858. The molecular formula is C16H16ClN3O2S. The second-order valence-corrected chi connectivity index (χ2v) is 6.94. The van der Waals surface area contributed by atoms with E-state index in [2.05, 4.69) is 15.5 Å². The summed E-state index contributed by atoms with van der Waals surface area (Å²) in [5.41, 5.74) is 1.02. The maximum atomic E-state index is 12.4. The second kappa shape index (κ2) is 7.19. The van der Waals surface area contributed by atoms with E-state index in [0.717, 1.165) is 17.7 Å². The van der Waals surface area contributed by atoms with Gasteiger partial charge >= 0.3 is 0 Å². The molecule has 2 heterocycles. The van der Waals surface area contributed by atoms with Crippen LogP contribution >= 0.6 is 23.4 Å². The Labute approximate surface area is 143 Å². The van der Waals surface area contributed by atoms with Crippen LogP contribution < -0.4 is 10.1 Å². The van der Waals surface area contributed by atoms with Crippen molar-refractivity contribution < 1.29 is 9.53 Å². The van der Waals surface area contributed by atoms with Crippen LogP contribution in [-0.2, 0) is 4.79 Å². The highest BCUT2D eigenvalue weighted by molar-refractivity contribution is 8.00. The molecule has 1 N–H and O–H groups in total. The summed E-state index contributed by atoms with van der Waals surface area (Å²) in [6.45, 7) is 2.45. The predicted octanol–water partition coefficient (Wildman–Crippen LogP) is 3.25. The summed E-state index contributed by atoms with van der Waals surface area (Å²) < 4.78 is 5.62. The van der Waals surface area contributed by atoms with Crippen LogP contribution in [0.4, 0.5) is 0 Å². The van der Waals surface area contributed by atoms with Crippen molar-refractivity contribution in [2.75, 3.05) is 6.61 Å². The maximum absolute atomic E-state index is 12.4. The van der Waals surface area contributed by atoms with Crippen LogP contribution in [0.2, 0.25) is 5.15 Å². The number of para-hydroxylation sites is 1. The molecule has 23 heavy (non-hydrogen) atoms. The molecule has 0 unspecified atom stereocenters. The number of rotatable bonds is 4. The molecular weight excluding hydrogens is 334 g/mol. The molecule has 0 saturated heterocycles. The number of thioether (sulfide) groups is 1. The topological polar surface area (TPSA) is 64.1 Å². The van der Waals surface area contributed by atoms with E-state index in [0.29, 0.717) is 16.8 Å². The summed E-state index contributed by atoms with van der Waals surface area (Å²) in [6.07, 6.45) is 0.765. The number of carbonyl (C=O) groups excluding carboxylic acids is 1. The number of hydrogen-bond acceptors (Lipinski definition) is 5. The summed E-state index contributed by atoms with van der Waals surface area (Å²) in [6, 6.07) is 11.2. The molecule has 0 saturated carbocycles. The fraction of sp³-hybridized carbons (Fsp3) is 0.312. The number of halogens is 1. The molecule has 3 rings (SSSR count). The Balaban J connectivity index is 1.64. The first-order valence-electron chi connectivity index (χ1n) is 7.31. The third-order valence-electron chi connectivity index (χ3n) is 3.55. The second-order valence-electron chi connectivity index (χ2n) is 5.19. The normalized spacial score (nSPS) is 17.7. The number of amides is 1. The van der Waals surface area contributed by atoms with E-state index in [1.165, 1.54) is 11.8 Å². The third-order valence-corrected chi connectivity index (χ3v) is 4.78. The van der Waals surface area contributed by atoms with Crippen LogP contribution in [0.15, 0.2) is 41.4 Å². The molecule has 1 aliphatic rings. The molecule has 2 aromatic rings. The number of aromatic nitrogens is 2. The van der Waals surface area contributed by atoms with Gasteiger partial charge in [0.15, 0.2) is 5.15 Å². The van der Waals surface area contributed by atoms with Crippen LogP contribution in [0.25, 0.3) is 0 Å². The molecule has 2 atom stereocenters. The van der Waals surface area contributed by atoms with Crippen molar-refractivity contribution in [3.05, 3.63) is 47.1 Å². The monoisotopic (exact) mass is 349 g/mol. The van der Waals surface area contributed by atoms with E-state index in [4.69, 9.17) is 16.3 Å². The van der Waals surface area contributed by atoms with Crippen LogP contribution in [0.1, 0.15) is 24.9 Å². The highest BCUT2D eigenvalue weighted by Crippen LogP contribution is 2.32. The number of hydrogen-bond donors (Lipinski definition) is 1. The van der Waals surface area contributed by atoms with Crippen molar-refractivity contribution in [2.45, 2.75) is 29.7 Å². The SMILES string of the molecule is C[C@H](Sc1ccc(Cl)nn1)C(=O)N[C@@H]1CCOc2ccccc21. The van der Waals surface area contributed by atoms with Gasteiger partial charge in [0.1, 0.15) is 10.8 Å². The van der Waals surface area contributed by atoms with Crippen LogP contribution in [0.3, 0.4) is 0 Å². The van der Waals surface area contributed by atoms with Gasteiger partial charge < -0.3 is 10.1 Å². The van der Waals surface area contributed by atoms with Crippen molar-refractivity contribution >= 4 is 29.3 Å². The van der Waals surface area contributed by atoms with E-state index in [1.54, 1.807) is 12.1 Å². The van der Waals surface area contributed by atoms with E-state index < -0.39 is 0 Å². The summed E-state index contributed by atoms with van der Waals surface area (Å²) in [4.78, 5) is 12.4. The Bertz CT molecular complexity index is 696. The van der Waals surface area contributed by atoms with Crippen molar-refractivity contribution in [1.29, 1.82) is 0 Å². The summed E-state index contributed by atoms with van der Waals surface area (Å²) in [5.74, 6) is 0.807. The lowest BCUT2D eigenvalue weighted by Gasteiger charge is -2.27. The van der Waals surface area contributed by atoms with E-state index >= 15 is 0 Å². The highest BCUT2D eigenvalue weighted by atomic mass is 35.5.